The van der Waals surface area contributed by atoms with E-state index in [-0.39, 0.29) is 12.4 Å². The van der Waals surface area contributed by atoms with E-state index >= 15 is 0 Å². The maximum atomic E-state index is 13.2. The molecule has 0 spiro atoms. The zero-order chi connectivity index (χ0) is 22.7. The van der Waals surface area contributed by atoms with Gasteiger partial charge in [0.1, 0.15) is 11.4 Å². The number of nitrogens with one attached hydrogen (secondary N) is 1. The fraction of sp³-hybridized carbons (Fsp3) is 0.333. The van der Waals surface area contributed by atoms with E-state index in [4.69, 9.17) is 9.15 Å². The number of hydrogen-bond acceptors (Lipinski definition) is 6. The first-order valence-corrected chi connectivity index (χ1v) is 10.6. The third kappa shape index (κ3) is 5.33. The molecule has 0 saturated heterocycles. The van der Waals surface area contributed by atoms with Crippen molar-refractivity contribution in [1.82, 2.24) is 4.90 Å². The third-order valence-electron chi connectivity index (χ3n) is 5.45. The van der Waals surface area contributed by atoms with Crippen molar-refractivity contribution in [3.8, 4) is 0 Å². The van der Waals surface area contributed by atoms with Gasteiger partial charge in [0.25, 0.3) is 0 Å². The largest absolute Gasteiger partial charge is 0.450 e. The van der Waals surface area contributed by atoms with Gasteiger partial charge in [-0.25, -0.2) is 14.0 Å². The molecule has 1 unspecified atom stereocenters. The summed E-state index contributed by atoms with van der Waals surface area (Å²) >= 11 is 0. The molecule has 2 N–H and O–H groups in total. The van der Waals surface area contributed by atoms with E-state index in [0.717, 1.165) is 23.8 Å². The molecule has 32 heavy (non-hydrogen) atoms. The highest BCUT2D eigenvalue weighted by atomic mass is 19.1. The zero-order valence-electron chi connectivity index (χ0n) is 17.7. The molecule has 1 aliphatic rings. The standard InChI is InChI=1S/C24H25FN2O5/c1-2-31-24(30)26-18-7-10-20-16(11-23(29)32-22(20)12-18)13-27(19-8-9-19)14-21(28)15-3-5-17(25)6-4-15/h3-7,10-12,19,21,28H,2,8-9,13-14H2,1H3,(H,26,30). The summed E-state index contributed by atoms with van der Waals surface area (Å²) in [7, 11) is 0. The lowest BCUT2D eigenvalue weighted by Gasteiger charge is -2.25. The van der Waals surface area contributed by atoms with Crippen LogP contribution < -0.4 is 10.9 Å². The lowest BCUT2D eigenvalue weighted by atomic mass is 10.1. The number of ether oxygens (including phenoxy) is 1. The van der Waals surface area contributed by atoms with Gasteiger partial charge in [0, 0.05) is 42.3 Å². The van der Waals surface area contributed by atoms with Crippen molar-refractivity contribution in [2.45, 2.75) is 38.5 Å². The summed E-state index contributed by atoms with van der Waals surface area (Å²) in [5.74, 6) is -0.348. The van der Waals surface area contributed by atoms with Gasteiger partial charge in [0.2, 0.25) is 0 Å². The summed E-state index contributed by atoms with van der Waals surface area (Å²) in [5.41, 5.74) is 1.75. The Labute approximate surface area is 184 Å². The molecule has 168 valence electrons. The maximum absolute atomic E-state index is 13.2. The molecular formula is C24H25FN2O5. The third-order valence-corrected chi connectivity index (χ3v) is 5.45. The summed E-state index contributed by atoms with van der Waals surface area (Å²) in [5, 5.41) is 14.0. The lowest BCUT2D eigenvalue weighted by molar-refractivity contribution is 0.104. The van der Waals surface area contributed by atoms with Gasteiger partial charge in [0.15, 0.2) is 0 Å². The Morgan fingerprint density at radius 3 is 2.69 bits per heavy atom. The van der Waals surface area contributed by atoms with Gasteiger partial charge in [-0.05, 0) is 55.2 Å². The number of benzene rings is 2. The van der Waals surface area contributed by atoms with E-state index in [1.807, 2.05) is 0 Å². The fourth-order valence-electron chi connectivity index (χ4n) is 3.74. The Bertz CT molecular complexity index is 1160. The van der Waals surface area contributed by atoms with Gasteiger partial charge in [-0.15, -0.1) is 0 Å². The van der Waals surface area contributed by atoms with Crippen LogP contribution in [0.25, 0.3) is 11.0 Å². The summed E-state index contributed by atoms with van der Waals surface area (Å²) in [4.78, 5) is 26.0. The zero-order valence-corrected chi connectivity index (χ0v) is 17.7. The molecule has 1 aliphatic carbocycles. The van der Waals surface area contributed by atoms with E-state index in [9.17, 15) is 19.1 Å². The normalized spacial score (nSPS) is 14.5. The van der Waals surface area contributed by atoms with Crippen molar-refractivity contribution in [3.05, 3.63) is 75.9 Å². The predicted octanol–water partition coefficient (Wildman–Crippen LogP) is 4.20. The van der Waals surface area contributed by atoms with Crippen molar-refractivity contribution in [3.63, 3.8) is 0 Å². The van der Waals surface area contributed by atoms with Gasteiger partial charge in [-0.1, -0.05) is 12.1 Å². The van der Waals surface area contributed by atoms with Crippen LogP contribution in [-0.4, -0.2) is 35.3 Å². The molecule has 0 bridgehead atoms. The van der Waals surface area contributed by atoms with Crippen LogP contribution in [0.2, 0.25) is 0 Å². The summed E-state index contributed by atoms with van der Waals surface area (Å²) < 4.78 is 23.4. The minimum Gasteiger partial charge on any atom is -0.450 e. The number of carbonyl (C=O) groups excluding carboxylic acids is 1. The number of hydrogen-bond donors (Lipinski definition) is 2. The Balaban J connectivity index is 1.56. The van der Waals surface area contributed by atoms with E-state index in [1.54, 1.807) is 37.3 Å². The van der Waals surface area contributed by atoms with Gasteiger partial charge in [-0.3, -0.25) is 10.2 Å². The number of amides is 1. The topological polar surface area (TPSA) is 92.0 Å². The smallest absolute Gasteiger partial charge is 0.411 e. The number of halogens is 1. The van der Waals surface area contributed by atoms with E-state index in [2.05, 4.69) is 10.2 Å². The van der Waals surface area contributed by atoms with E-state index < -0.39 is 17.8 Å². The average molecular weight is 440 g/mol. The van der Waals surface area contributed by atoms with E-state index in [0.29, 0.717) is 36.0 Å². The minimum absolute atomic E-state index is 0.249. The molecule has 0 aliphatic heterocycles. The number of rotatable bonds is 8. The van der Waals surface area contributed by atoms with E-state index in [1.165, 1.54) is 18.2 Å². The molecule has 1 amide bonds. The first-order chi connectivity index (χ1) is 15.4. The molecule has 3 aromatic rings. The Kier molecular flexibility index (Phi) is 6.53. The molecule has 1 aromatic heterocycles. The van der Waals surface area contributed by atoms with Crippen LogP contribution in [0.4, 0.5) is 14.9 Å². The molecule has 1 fully saturated rings. The van der Waals surface area contributed by atoms with Crippen LogP contribution in [0.1, 0.15) is 37.0 Å². The monoisotopic (exact) mass is 440 g/mol. The molecular weight excluding hydrogens is 415 g/mol. The van der Waals surface area contributed by atoms with Crippen LogP contribution in [0.15, 0.2) is 57.7 Å². The fourth-order valence-corrected chi connectivity index (χ4v) is 3.74. The van der Waals surface area contributed by atoms with Crippen molar-refractivity contribution in [2.75, 3.05) is 18.5 Å². The number of aliphatic hydroxyl groups is 1. The van der Waals surface area contributed by atoms with Crippen molar-refractivity contribution < 1.29 is 23.4 Å². The number of anilines is 1. The quantitative estimate of drug-likeness (QED) is 0.510. The molecule has 4 rings (SSSR count). The molecule has 1 heterocycles. The van der Waals surface area contributed by atoms with Crippen LogP contribution in [0.5, 0.6) is 0 Å². The number of fused-ring (bicyclic) bond motifs is 1. The minimum atomic E-state index is -0.775. The molecule has 1 saturated carbocycles. The van der Waals surface area contributed by atoms with Crippen LogP contribution in [0, 0.1) is 5.82 Å². The lowest BCUT2D eigenvalue weighted by Crippen LogP contribution is -2.30. The second-order valence-corrected chi connectivity index (χ2v) is 7.88. The SMILES string of the molecule is CCOC(=O)Nc1ccc2c(CN(CC(O)c3ccc(F)cc3)C3CC3)cc(=O)oc2c1. The highest BCUT2D eigenvalue weighted by Gasteiger charge is 2.31. The molecule has 2 aromatic carbocycles. The predicted molar refractivity (Wildman–Crippen MR) is 118 cm³/mol. The Morgan fingerprint density at radius 1 is 1.25 bits per heavy atom. The van der Waals surface area contributed by atoms with Crippen molar-refractivity contribution >= 4 is 22.7 Å². The second-order valence-electron chi connectivity index (χ2n) is 7.88. The summed E-state index contributed by atoms with van der Waals surface area (Å²) in [6.45, 7) is 2.78. The number of aliphatic hydroxyl groups excluding tert-OH is 1. The average Bonchev–Trinajstić information content (AvgIpc) is 3.59. The molecule has 1 atom stereocenters. The highest BCUT2D eigenvalue weighted by molar-refractivity contribution is 5.89. The highest BCUT2D eigenvalue weighted by Crippen LogP contribution is 2.32. The summed E-state index contributed by atoms with van der Waals surface area (Å²) in [6, 6.07) is 12.7. The van der Waals surface area contributed by atoms with Crippen molar-refractivity contribution in [1.29, 1.82) is 0 Å². The Hall–Kier alpha value is -3.23. The molecule has 8 heteroatoms. The first kappa shape index (κ1) is 22.0. The second kappa shape index (κ2) is 9.50. The van der Waals surface area contributed by atoms with Crippen LogP contribution in [-0.2, 0) is 11.3 Å². The Morgan fingerprint density at radius 2 is 2.00 bits per heavy atom. The van der Waals surface area contributed by atoms with Gasteiger partial charge >= 0.3 is 11.7 Å². The van der Waals surface area contributed by atoms with Gasteiger partial charge in [-0.2, -0.15) is 0 Å². The molecule has 7 nitrogen and oxygen atoms in total. The number of carbonyl (C=O) groups is 1. The maximum Gasteiger partial charge on any atom is 0.411 e. The van der Waals surface area contributed by atoms with Crippen LogP contribution in [0.3, 0.4) is 0 Å². The first-order valence-electron chi connectivity index (χ1n) is 10.6. The molecule has 0 radical (unpaired) electrons. The van der Waals surface area contributed by atoms with Crippen molar-refractivity contribution in [2.24, 2.45) is 0 Å². The van der Waals surface area contributed by atoms with Gasteiger partial charge in [0.05, 0.1) is 12.7 Å². The van der Waals surface area contributed by atoms with Gasteiger partial charge < -0.3 is 14.3 Å². The van der Waals surface area contributed by atoms with Crippen LogP contribution >= 0.6 is 0 Å². The number of nitrogens with zero attached hydrogens (tertiary/aromatic N) is 1. The summed E-state index contributed by atoms with van der Waals surface area (Å²) in [6.07, 6.45) is 0.676.